The van der Waals surface area contributed by atoms with Gasteiger partial charge in [-0.15, -0.1) is 0 Å². The first-order valence-corrected chi connectivity index (χ1v) is 5.94. The summed E-state index contributed by atoms with van der Waals surface area (Å²) in [6.45, 7) is 2.26. The van der Waals surface area contributed by atoms with Crippen molar-refractivity contribution in [3.63, 3.8) is 0 Å². The smallest absolute Gasteiger partial charge is 0.170 e. The van der Waals surface area contributed by atoms with Gasteiger partial charge in [0.25, 0.3) is 0 Å². The van der Waals surface area contributed by atoms with E-state index in [4.69, 9.17) is 10.9 Å². The standard InChI is InChI=1S/C13H19N3O/c1-9(10-3-4-10)16(2)12-7-5-11(6-8-12)13(14)15-17/h5-10,17H,3-4H2,1-2H3,(H2,14,15). The first kappa shape index (κ1) is 11.8. The lowest BCUT2D eigenvalue weighted by Gasteiger charge is -2.27. The number of nitrogens with two attached hydrogens (primary N) is 1. The molecule has 0 radical (unpaired) electrons. The number of anilines is 1. The fourth-order valence-electron chi connectivity index (χ4n) is 2.06. The Morgan fingerprint density at radius 2 is 2.00 bits per heavy atom. The van der Waals surface area contributed by atoms with Crippen LogP contribution in [-0.4, -0.2) is 24.1 Å². The van der Waals surface area contributed by atoms with Crippen molar-refractivity contribution in [1.82, 2.24) is 0 Å². The number of nitrogens with zero attached hydrogens (tertiary/aromatic N) is 2. The molecule has 1 aromatic rings. The third-order valence-corrected chi connectivity index (χ3v) is 3.59. The Hall–Kier alpha value is -1.71. The molecule has 1 saturated carbocycles. The molecule has 3 N–H and O–H groups in total. The van der Waals surface area contributed by atoms with Gasteiger partial charge in [-0.05, 0) is 49.9 Å². The van der Waals surface area contributed by atoms with Gasteiger partial charge in [-0.25, -0.2) is 0 Å². The number of hydrogen-bond donors (Lipinski definition) is 2. The Kier molecular flexibility index (Phi) is 3.22. The molecule has 17 heavy (non-hydrogen) atoms. The minimum Gasteiger partial charge on any atom is -0.409 e. The van der Waals surface area contributed by atoms with Gasteiger partial charge in [0, 0.05) is 24.3 Å². The van der Waals surface area contributed by atoms with E-state index in [-0.39, 0.29) is 5.84 Å². The molecule has 4 nitrogen and oxygen atoms in total. The summed E-state index contributed by atoms with van der Waals surface area (Å²) in [4.78, 5) is 2.29. The topological polar surface area (TPSA) is 61.8 Å². The first-order valence-electron chi connectivity index (χ1n) is 5.94. The minimum absolute atomic E-state index is 0.148. The Balaban J connectivity index is 2.11. The lowest BCUT2D eigenvalue weighted by Crippen LogP contribution is -2.30. The molecule has 1 aliphatic rings. The maximum Gasteiger partial charge on any atom is 0.170 e. The van der Waals surface area contributed by atoms with Crippen LogP contribution in [0.2, 0.25) is 0 Å². The zero-order chi connectivity index (χ0) is 12.4. The largest absolute Gasteiger partial charge is 0.409 e. The van der Waals surface area contributed by atoms with Crippen LogP contribution >= 0.6 is 0 Å². The van der Waals surface area contributed by atoms with Gasteiger partial charge in [0.2, 0.25) is 0 Å². The minimum atomic E-state index is 0.148. The molecule has 1 atom stereocenters. The van der Waals surface area contributed by atoms with Crippen LogP contribution in [0.5, 0.6) is 0 Å². The average molecular weight is 233 g/mol. The SMILES string of the molecule is CC(C1CC1)N(C)c1ccc(/C(N)=N/O)cc1. The molecule has 0 spiro atoms. The number of amidine groups is 1. The van der Waals surface area contributed by atoms with Crippen molar-refractivity contribution in [2.75, 3.05) is 11.9 Å². The van der Waals surface area contributed by atoms with Crippen molar-refractivity contribution in [3.8, 4) is 0 Å². The molecule has 1 unspecified atom stereocenters. The zero-order valence-corrected chi connectivity index (χ0v) is 10.3. The summed E-state index contributed by atoms with van der Waals surface area (Å²) in [6.07, 6.45) is 2.68. The van der Waals surface area contributed by atoms with Crippen LogP contribution in [0.1, 0.15) is 25.3 Å². The molecular formula is C13H19N3O. The maximum atomic E-state index is 8.59. The van der Waals surface area contributed by atoms with Crippen molar-refractivity contribution in [2.24, 2.45) is 16.8 Å². The number of benzene rings is 1. The molecule has 2 rings (SSSR count). The third kappa shape index (κ3) is 2.52. The Morgan fingerprint density at radius 1 is 1.41 bits per heavy atom. The van der Waals surface area contributed by atoms with Crippen molar-refractivity contribution in [3.05, 3.63) is 29.8 Å². The predicted molar refractivity (Wildman–Crippen MR) is 69.5 cm³/mol. The third-order valence-electron chi connectivity index (χ3n) is 3.59. The van der Waals surface area contributed by atoms with Gasteiger partial charge in [-0.1, -0.05) is 5.16 Å². The van der Waals surface area contributed by atoms with Crippen LogP contribution in [-0.2, 0) is 0 Å². The Morgan fingerprint density at radius 3 is 2.47 bits per heavy atom. The summed E-state index contributed by atoms with van der Waals surface area (Å²) in [5.41, 5.74) is 7.43. The zero-order valence-electron chi connectivity index (χ0n) is 10.3. The molecule has 1 aliphatic carbocycles. The van der Waals surface area contributed by atoms with Crippen LogP contribution in [0.15, 0.2) is 29.4 Å². The molecule has 0 bridgehead atoms. The van der Waals surface area contributed by atoms with Gasteiger partial charge < -0.3 is 15.8 Å². The molecule has 0 saturated heterocycles. The fraction of sp³-hybridized carbons (Fsp3) is 0.462. The quantitative estimate of drug-likeness (QED) is 0.362. The summed E-state index contributed by atoms with van der Waals surface area (Å²) in [5, 5.41) is 11.6. The molecular weight excluding hydrogens is 214 g/mol. The number of rotatable bonds is 4. The molecule has 0 aromatic heterocycles. The van der Waals surface area contributed by atoms with Crippen molar-refractivity contribution in [1.29, 1.82) is 0 Å². The van der Waals surface area contributed by atoms with Crippen LogP contribution in [0.4, 0.5) is 5.69 Å². The van der Waals surface area contributed by atoms with Gasteiger partial charge in [-0.3, -0.25) is 0 Å². The van der Waals surface area contributed by atoms with Crippen LogP contribution in [0, 0.1) is 5.92 Å². The average Bonchev–Trinajstić information content (AvgIpc) is 3.20. The van der Waals surface area contributed by atoms with E-state index in [1.165, 1.54) is 18.5 Å². The Bertz CT molecular complexity index is 409. The van der Waals surface area contributed by atoms with E-state index in [2.05, 4.69) is 24.0 Å². The van der Waals surface area contributed by atoms with E-state index in [1.807, 2.05) is 24.3 Å². The second-order valence-corrected chi connectivity index (χ2v) is 4.72. The number of oxime groups is 1. The molecule has 1 fully saturated rings. The maximum absolute atomic E-state index is 8.59. The normalized spacial score (nSPS) is 17.9. The monoisotopic (exact) mass is 233 g/mol. The highest BCUT2D eigenvalue weighted by Gasteiger charge is 2.30. The highest BCUT2D eigenvalue weighted by Crippen LogP contribution is 2.36. The van der Waals surface area contributed by atoms with Gasteiger partial charge in [0.15, 0.2) is 5.84 Å². The highest BCUT2D eigenvalue weighted by atomic mass is 16.4. The van der Waals surface area contributed by atoms with Crippen LogP contribution < -0.4 is 10.6 Å². The van der Waals surface area contributed by atoms with Crippen molar-refractivity contribution >= 4 is 11.5 Å². The van der Waals surface area contributed by atoms with E-state index < -0.39 is 0 Å². The molecule has 0 amide bonds. The van der Waals surface area contributed by atoms with Gasteiger partial charge in [0.1, 0.15) is 0 Å². The van der Waals surface area contributed by atoms with Crippen molar-refractivity contribution in [2.45, 2.75) is 25.8 Å². The second-order valence-electron chi connectivity index (χ2n) is 4.72. The lowest BCUT2D eigenvalue weighted by molar-refractivity contribution is 0.318. The van der Waals surface area contributed by atoms with Gasteiger partial charge >= 0.3 is 0 Å². The Labute approximate surface area is 102 Å². The summed E-state index contributed by atoms with van der Waals surface area (Å²) in [7, 11) is 2.11. The van der Waals surface area contributed by atoms with E-state index in [9.17, 15) is 0 Å². The molecule has 4 heteroatoms. The summed E-state index contributed by atoms with van der Waals surface area (Å²) >= 11 is 0. The summed E-state index contributed by atoms with van der Waals surface area (Å²) in [5.74, 6) is 0.984. The van der Waals surface area contributed by atoms with E-state index in [1.54, 1.807) is 0 Å². The molecule has 0 heterocycles. The summed E-state index contributed by atoms with van der Waals surface area (Å²) < 4.78 is 0. The first-order chi connectivity index (χ1) is 8.13. The molecule has 0 aliphatic heterocycles. The van der Waals surface area contributed by atoms with Crippen LogP contribution in [0.3, 0.4) is 0 Å². The molecule has 1 aromatic carbocycles. The van der Waals surface area contributed by atoms with E-state index >= 15 is 0 Å². The fourth-order valence-corrected chi connectivity index (χ4v) is 2.06. The number of hydrogen-bond acceptors (Lipinski definition) is 3. The van der Waals surface area contributed by atoms with Crippen molar-refractivity contribution < 1.29 is 5.21 Å². The molecule has 92 valence electrons. The summed E-state index contributed by atoms with van der Waals surface area (Å²) in [6, 6.07) is 8.34. The predicted octanol–water partition coefficient (Wildman–Crippen LogP) is 2.02. The lowest BCUT2D eigenvalue weighted by atomic mass is 10.1. The highest BCUT2D eigenvalue weighted by molar-refractivity contribution is 5.97. The van der Waals surface area contributed by atoms with E-state index in [0.717, 1.165) is 11.5 Å². The second kappa shape index (κ2) is 4.65. The van der Waals surface area contributed by atoms with Crippen LogP contribution in [0.25, 0.3) is 0 Å². The van der Waals surface area contributed by atoms with Gasteiger partial charge in [-0.2, -0.15) is 0 Å². The van der Waals surface area contributed by atoms with E-state index in [0.29, 0.717) is 6.04 Å². The van der Waals surface area contributed by atoms with Gasteiger partial charge in [0.05, 0.1) is 0 Å².